The van der Waals surface area contributed by atoms with Gasteiger partial charge in [-0.3, -0.25) is 0 Å². The molecule has 1 heterocycles. The van der Waals surface area contributed by atoms with Gasteiger partial charge < -0.3 is 14.8 Å². The van der Waals surface area contributed by atoms with E-state index in [1.165, 1.54) is 12.8 Å². The zero-order valence-electron chi connectivity index (χ0n) is 12.9. The molecule has 0 saturated heterocycles. The molecule has 1 aliphatic carbocycles. The van der Waals surface area contributed by atoms with E-state index >= 15 is 0 Å². The molecular weight excluding hydrogens is 286 g/mol. The highest BCUT2D eigenvalue weighted by atomic mass is 35.5. The Balaban J connectivity index is 1.64. The predicted molar refractivity (Wildman–Crippen MR) is 85.3 cm³/mol. The minimum atomic E-state index is 0.523. The molecule has 21 heavy (non-hydrogen) atoms. The van der Waals surface area contributed by atoms with E-state index in [4.69, 9.17) is 21.1 Å². The van der Waals surface area contributed by atoms with Gasteiger partial charge in [0.2, 0.25) is 0 Å². The number of nitrogens with one attached hydrogen (secondary N) is 1. The van der Waals surface area contributed by atoms with Crippen LogP contribution in [0.4, 0.5) is 0 Å². The summed E-state index contributed by atoms with van der Waals surface area (Å²) < 4.78 is 11.4. The minimum absolute atomic E-state index is 0.523. The van der Waals surface area contributed by atoms with Gasteiger partial charge in [-0.15, -0.1) is 0 Å². The van der Waals surface area contributed by atoms with Gasteiger partial charge in [-0.05, 0) is 41.9 Å². The molecule has 2 aliphatic rings. The molecule has 4 heteroatoms. The van der Waals surface area contributed by atoms with Gasteiger partial charge in [0, 0.05) is 19.5 Å². The van der Waals surface area contributed by atoms with Crippen LogP contribution in [0.25, 0.3) is 0 Å². The van der Waals surface area contributed by atoms with E-state index in [1.807, 2.05) is 6.07 Å². The fourth-order valence-electron chi connectivity index (χ4n) is 2.96. The molecule has 116 valence electrons. The Morgan fingerprint density at radius 2 is 2.00 bits per heavy atom. The average Bonchev–Trinajstić information content (AvgIpc) is 3.23. The molecule has 0 aromatic heterocycles. The lowest BCUT2D eigenvalue weighted by Gasteiger charge is -2.20. The second kappa shape index (κ2) is 6.05. The molecule has 0 bridgehead atoms. The first kappa shape index (κ1) is 15.0. The van der Waals surface area contributed by atoms with Crippen molar-refractivity contribution in [2.24, 2.45) is 11.3 Å². The summed E-state index contributed by atoms with van der Waals surface area (Å²) in [4.78, 5) is 0. The van der Waals surface area contributed by atoms with Crippen molar-refractivity contribution in [3.05, 3.63) is 22.7 Å². The molecule has 0 amide bonds. The summed E-state index contributed by atoms with van der Waals surface area (Å²) in [5, 5.41) is 4.23. The van der Waals surface area contributed by atoms with Gasteiger partial charge in [0.15, 0.2) is 11.5 Å². The molecule has 1 aromatic rings. The highest BCUT2D eigenvalue weighted by molar-refractivity contribution is 6.32. The van der Waals surface area contributed by atoms with Crippen LogP contribution in [0.3, 0.4) is 0 Å². The maximum absolute atomic E-state index is 6.32. The van der Waals surface area contributed by atoms with Gasteiger partial charge in [-0.25, -0.2) is 0 Å². The lowest BCUT2D eigenvalue weighted by atomic mass is 9.92. The van der Waals surface area contributed by atoms with Crippen LogP contribution < -0.4 is 14.8 Å². The number of halogens is 1. The number of rotatable bonds is 5. The van der Waals surface area contributed by atoms with Crippen LogP contribution in [0.15, 0.2) is 12.1 Å². The van der Waals surface area contributed by atoms with E-state index < -0.39 is 0 Å². The van der Waals surface area contributed by atoms with Gasteiger partial charge in [-0.2, -0.15) is 0 Å². The van der Waals surface area contributed by atoms with E-state index in [0.29, 0.717) is 29.4 Å². The largest absolute Gasteiger partial charge is 0.489 e. The van der Waals surface area contributed by atoms with Crippen LogP contribution in [0.1, 0.15) is 38.7 Å². The van der Waals surface area contributed by atoms with E-state index in [9.17, 15) is 0 Å². The van der Waals surface area contributed by atoms with Crippen molar-refractivity contribution in [3.63, 3.8) is 0 Å². The smallest absolute Gasteiger partial charge is 0.179 e. The average molecular weight is 310 g/mol. The monoisotopic (exact) mass is 309 g/mol. The van der Waals surface area contributed by atoms with Crippen molar-refractivity contribution in [1.82, 2.24) is 5.32 Å². The van der Waals surface area contributed by atoms with Crippen LogP contribution in [0, 0.1) is 11.3 Å². The minimum Gasteiger partial charge on any atom is -0.489 e. The molecule has 1 aromatic carbocycles. The summed E-state index contributed by atoms with van der Waals surface area (Å²) >= 11 is 6.32. The van der Waals surface area contributed by atoms with Gasteiger partial charge in [-0.1, -0.05) is 25.4 Å². The van der Waals surface area contributed by atoms with Crippen molar-refractivity contribution >= 4 is 11.6 Å². The van der Waals surface area contributed by atoms with Crippen LogP contribution in [0.2, 0.25) is 5.02 Å². The fourth-order valence-corrected chi connectivity index (χ4v) is 3.25. The molecule has 0 spiro atoms. The third-order valence-corrected chi connectivity index (χ3v) is 5.07. The Bertz CT molecular complexity index is 512. The van der Waals surface area contributed by atoms with Crippen molar-refractivity contribution < 1.29 is 9.47 Å². The van der Waals surface area contributed by atoms with Gasteiger partial charge in [0.05, 0.1) is 18.2 Å². The molecule has 1 fully saturated rings. The summed E-state index contributed by atoms with van der Waals surface area (Å²) in [7, 11) is 0. The fraction of sp³-hybridized carbons (Fsp3) is 0.647. The molecule has 0 radical (unpaired) electrons. The van der Waals surface area contributed by atoms with Gasteiger partial charge >= 0.3 is 0 Å². The van der Waals surface area contributed by atoms with Crippen molar-refractivity contribution in [3.8, 4) is 11.5 Å². The second-order valence-corrected chi connectivity index (χ2v) is 6.98. The molecule has 3 rings (SSSR count). The molecule has 0 atom stereocenters. The highest BCUT2D eigenvalue weighted by Gasteiger charge is 2.44. The Hall–Kier alpha value is -0.930. The molecule has 0 unspecified atom stereocenters. The molecule has 3 nitrogen and oxygen atoms in total. The number of hydrogen-bond acceptors (Lipinski definition) is 3. The van der Waals surface area contributed by atoms with Gasteiger partial charge in [0.1, 0.15) is 0 Å². The second-order valence-electron chi connectivity index (χ2n) is 6.58. The first-order valence-corrected chi connectivity index (χ1v) is 8.27. The normalized spacial score (nSPS) is 19.4. The lowest BCUT2D eigenvalue weighted by molar-refractivity contribution is 0.297. The van der Waals surface area contributed by atoms with Crippen molar-refractivity contribution in [1.29, 1.82) is 0 Å². The van der Waals surface area contributed by atoms with E-state index in [-0.39, 0.29) is 0 Å². The summed E-state index contributed by atoms with van der Waals surface area (Å²) in [6, 6.07) is 4.03. The quantitative estimate of drug-likeness (QED) is 0.891. The predicted octanol–water partition coefficient (Wildman–Crippen LogP) is 4.03. The van der Waals surface area contributed by atoms with E-state index in [1.54, 1.807) is 0 Å². The molecule has 1 aliphatic heterocycles. The Morgan fingerprint density at radius 1 is 1.24 bits per heavy atom. The first-order chi connectivity index (χ1) is 10.1. The summed E-state index contributed by atoms with van der Waals surface area (Å²) in [5.74, 6) is 2.22. The Labute approximate surface area is 132 Å². The van der Waals surface area contributed by atoms with Crippen LogP contribution in [-0.4, -0.2) is 19.8 Å². The third-order valence-electron chi connectivity index (χ3n) is 4.79. The van der Waals surface area contributed by atoms with Crippen molar-refractivity contribution in [2.45, 2.75) is 39.7 Å². The zero-order chi connectivity index (χ0) is 14.9. The maximum Gasteiger partial charge on any atom is 0.179 e. The standard InChI is InChI=1S/C17H24ClNO2/c1-12(2)17(4-5-17)11-19-10-13-8-14(18)16-15(9-13)20-6-3-7-21-16/h8-9,12,19H,3-7,10-11H2,1-2H3. The van der Waals surface area contributed by atoms with Gasteiger partial charge in [0.25, 0.3) is 0 Å². The summed E-state index contributed by atoms with van der Waals surface area (Å²) in [5.41, 5.74) is 1.68. The molecule has 1 N–H and O–H groups in total. The van der Waals surface area contributed by atoms with Crippen LogP contribution >= 0.6 is 11.6 Å². The first-order valence-electron chi connectivity index (χ1n) is 7.89. The number of ether oxygens (including phenoxy) is 2. The number of fused-ring (bicyclic) bond motifs is 1. The summed E-state index contributed by atoms with van der Waals surface area (Å²) in [6.45, 7) is 7.90. The van der Waals surface area contributed by atoms with Crippen LogP contribution in [0.5, 0.6) is 11.5 Å². The topological polar surface area (TPSA) is 30.5 Å². The summed E-state index contributed by atoms with van der Waals surface area (Å²) in [6.07, 6.45) is 3.59. The number of hydrogen-bond donors (Lipinski definition) is 1. The molecular formula is C17H24ClNO2. The number of benzene rings is 1. The zero-order valence-corrected chi connectivity index (χ0v) is 13.6. The van der Waals surface area contributed by atoms with E-state index in [0.717, 1.165) is 36.7 Å². The molecule has 1 saturated carbocycles. The van der Waals surface area contributed by atoms with Crippen molar-refractivity contribution in [2.75, 3.05) is 19.8 Å². The third kappa shape index (κ3) is 3.29. The Kier molecular flexibility index (Phi) is 4.32. The SMILES string of the molecule is CC(C)C1(CNCc2cc(Cl)c3c(c2)OCCCO3)CC1. The highest BCUT2D eigenvalue weighted by Crippen LogP contribution is 2.51. The maximum atomic E-state index is 6.32. The van der Waals surface area contributed by atoms with Crippen LogP contribution in [-0.2, 0) is 6.54 Å². The van der Waals surface area contributed by atoms with E-state index in [2.05, 4.69) is 25.2 Å². The lowest BCUT2D eigenvalue weighted by Crippen LogP contribution is -2.27. The Morgan fingerprint density at radius 3 is 2.71 bits per heavy atom.